The van der Waals surface area contributed by atoms with Gasteiger partial charge in [0, 0.05) is 38.5 Å². The molecule has 0 amide bonds. The van der Waals surface area contributed by atoms with Crippen molar-refractivity contribution in [3.8, 4) is 0 Å². The maximum atomic E-state index is 5.05. The average Bonchev–Trinajstić information content (AvgIpc) is 2.42. The summed E-state index contributed by atoms with van der Waals surface area (Å²) in [5.41, 5.74) is 4.05. The Morgan fingerprint density at radius 2 is 1.90 bits per heavy atom. The van der Waals surface area contributed by atoms with Gasteiger partial charge in [-0.15, -0.1) is 0 Å². The van der Waals surface area contributed by atoms with E-state index >= 15 is 0 Å². The summed E-state index contributed by atoms with van der Waals surface area (Å²) >= 11 is 0. The highest BCUT2D eigenvalue weighted by Crippen LogP contribution is 2.22. The van der Waals surface area contributed by atoms with Crippen molar-refractivity contribution in [2.24, 2.45) is 5.92 Å². The largest absolute Gasteiger partial charge is 0.383 e. The summed E-state index contributed by atoms with van der Waals surface area (Å²) < 4.78 is 5.05. The van der Waals surface area contributed by atoms with E-state index in [9.17, 15) is 0 Å². The maximum Gasteiger partial charge on any atom is 0.0587 e. The Labute approximate surface area is 130 Å². The maximum absolute atomic E-state index is 5.05. The standard InChI is InChI=1S/C18H32N2O/c1-14(2)13-20(15(3)4)18-8-7-17(16(5)11-18)12-19-9-10-21-6/h7-8,11,14-15,19H,9-10,12-13H2,1-6H3. The number of aryl methyl sites for hydroxylation is 1. The minimum Gasteiger partial charge on any atom is -0.383 e. The van der Waals surface area contributed by atoms with Crippen LogP contribution in [-0.4, -0.2) is 32.8 Å². The van der Waals surface area contributed by atoms with E-state index in [1.807, 2.05) is 0 Å². The van der Waals surface area contributed by atoms with E-state index in [4.69, 9.17) is 4.74 Å². The van der Waals surface area contributed by atoms with Crippen molar-refractivity contribution in [3.63, 3.8) is 0 Å². The molecule has 3 heteroatoms. The average molecular weight is 292 g/mol. The van der Waals surface area contributed by atoms with Crippen LogP contribution in [0.3, 0.4) is 0 Å². The fourth-order valence-corrected chi connectivity index (χ4v) is 2.46. The summed E-state index contributed by atoms with van der Waals surface area (Å²) in [6, 6.07) is 7.34. The van der Waals surface area contributed by atoms with Gasteiger partial charge in [-0.25, -0.2) is 0 Å². The number of hydrogen-bond acceptors (Lipinski definition) is 3. The van der Waals surface area contributed by atoms with Gasteiger partial charge in [0.05, 0.1) is 6.61 Å². The van der Waals surface area contributed by atoms with Crippen molar-refractivity contribution >= 4 is 5.69 Å². The Balaban J connectivity index is 2.75. The molecule has 0 radical (unpaired) electrons. The van der Waals surface area contributed by atoms with Crippen LogP contribution in [0.25, 0.3) is 0 Å². The zero-order valence-corrected chi connectivity index (χ0v) is 14.6. The molecule has 0 unspecified atom stereocenters. The monoisotopic (exact) mass is 292 g/mol. The van der Waals surface area contributed by atoms with E-state index in [1.165, 1.54) is 16.8 Å². The molecule has 0 saturated heterocycles. The molecule has 1 aromatic rings. The lowest BCUT2D eigenvalue weighted by Crippen LogP contribution is -2.34. The second-order valence-electron chi connectivity index (χ2n) is 6.42. The van der Waals surface area contributed by atoms with Crippen LogP contribution < -0.4 is 10.2 Å². The topological polar surface area (TPSA) is 24.5 Å². The van der Waals surface area contributed by atoms with E-state index in [1.54, 1.807) is 7.11 Å². The number of rotatable bonds is 9. The third-order valence-electron chi connectivity index (χ3n) is 3.64. The molecule has 0 bridgehead atoms. The molecule has 0 atom stereocenters. The zero-order chi connectivity index (χ0) is 15.8. The first-order valence-corrected chi connectivity index (χ1v) is 8.01. The van der Waals surface area contributed by atoms with Crippen molar-refractivity contribution in [1.29, 1.82) is 0 Å². The molecule has 3 nitrogen and oxygen atoms in total. The van der Waals surface area contributed by atoms with E-state index in [0.717, 1.165) is 26.2 Å². The smallest absolute Gasteiger partial charge is 0.0587 e. The molecule has 0 fully saturated rings. The lowest BCUT2D eigenvalue weighted by atomic mass is 10.1. The van der Waals surface area contributed by atoms with Gasteiger partial charge in [-0.2, -0.15) is 0 Å². The van der Waals surface area contributed by atoms with Crippen LogP contribution in [0.15, 0.2) is 18.2 Å². The molecular weight excluding hydrogens is 260 g/mol. The summed E-state index contributed by atoms with van der Waals surface area (Å²) in [6.45, 7) is 14.9. The predicted octanol–water partition coefficient (Wildman–Crippen LogP) is 3.60. The lowest BCUT2D eigenvalue weighted by molar-refractivity contribution is 0.199. The summed E-state index contributed by atoms with van der Waals surface area (Å²) in [5, 5.41) is 3.41. The quantitative estimate of drug-likeness (QED) is 0.704. The Hall–Kier alpha value is -1.06. The lowest BCUT2D eigenvalue weighted by Gasteiger charge is -2.31. The molecule has 0 aliphatic heterocycles. The van der Waals surface area contributed by atoms with Gasteiger partial charge in [-0.3, -0.25) is 0 Å². The molecule has 0 aromatic heterocycles. The van der Waals surface area contributed by atoms with Crippen LogP contribution in [0.1, 0.15) is 38.8 Å². The molecule has 1 aromatic carbocycles. The minimum atomic E-state index is 0.525. The number of hydrogen-bond donors (Lipinski definition) is 1. The number of nitrogens with one attached hydrogen (secondary N) is 1. The molecule has 0 spiro atoms. The molecule has 0 aliphatic rings. The van der Waals surface area contributed by atoms with Crippen LogP contribution in [-0.2, 0) is 11.3 Å². The second-order valence-corrected chi connectivity index (χ2v) is 6.42. The fraction of sp³-hybridized carbons (Fsp3) is 0.667. The van der Waals surface area contributed by atoms with Gasteiger partial charge in [0.2, 0.25) is 0 Å². The Bertz CT molecular complexity index is 416. The normalized spacial score (nSPS) is 11.4. The first-order chi connectivity index (χ1) is 9.95. The van der Waals surface area contributed by atoms with Gasteiger partial charge in [0.25, 0.3) is 0 Å². The second kappa shape index (κ2) is 9.06. The third kappa shape index (κ3) is 6.06. The number of methoxy groups -OCH3 is 1. The van der Waals surface area contributed by atoms with Crippen molar-refractivity contribution in [2.75, 3.05) is 31.7 Å². The van der Waals surface area contributed by atoms with Gasteiger partial charge in [0.1, 0.15) is 0 Å². The zero-order valence-electron chi connectivity index (χ0n) is 14.6. The van der Waals surface area contributed by atoms with Crippen LogP contribution in [0.2, 0.25) is 0 Å². The van der Waals surface area contributed by atoms with Crippen LogP contribution >= 0.6 is 0 Å². The van der Waals surface area contributed by atoms with Gasteiger partial charge in [-0.05, 0) is 49.9 Å². The minimum absolute atomic E-state index is 0.525. The van der Waals surface area contributed by atoms with E-state index in [2.05, 4.69) is 63.0 Å². The molecular formula is C18H32N2O. The van der Waals surface area contributed by atoms with Crippen molar-refractivity contribution < 1.29 is 4.74 Å². The van der Waals surface area contributed by atoms with Crippen LogP contribution in [0.4, 0.5) is 5.69 Å². The summed E-state index contributed by atoms with van der Waals surface area (Å²) in [6.07, 6.45) is 0. The highest BCUT2D eigenvalue weighted by atomic mass is 16.5. The fourth-order valence-electron chi connectivity index (χ4n) is 2.46. The highest BCUT2D eigenvalue weighted by molar-refractivity contribution is 5.51. The summed E-state index contributed by atoms with van der Waals surface area (Å²) in [5.74, 6) is 0.670. The van der Waals surface area contributed by atoms with E-state index in [0.29, 0.717) is 12.0 Å². The first kappa shape index (κ1) is 18.0. The van der Waals surface area contributed by atoms with E-state index < -0.39 is 0 Å². The molecule has 0 saturated carbocycles. The van der Waals surface area contributed by atoms with Crippen molar-refractivity contribution in [2.45, 2.75) is 47.2 Å². The first-order valence-electron chi connectivity index (χ1n) is 8.01. The highest BCUT2D eigenvalue weighted by Gasteiger charge is 2.13. The SMILES string of the molecule is COCCNCc1ccc(N(CC(C)C)C(C)C)cc1C. The number of benzene rings is 1. The molecule has 0 aliphatic carbocycles. The summed E-state index contributed by atoms with van der Waals surface area (Å²) in [4.78, 5) is 2.49. The number of anilines is 1. The number of ether oxygens (including phenoxy) is 1. The molecule has 0 heterocycles. The van der Waals surface area contributed by atoms with Crippen molar-refractivity contribution in [1.82, 2.24) is 5.32 Å². The predicted molar refractivity (Wildman–Crippen MR) is 92.1 cm³/mol. The van der Waals surface area contributed by atoms with E-state index in [-0.39, 0.29) is 0 Å². The Kier molecular flexibility index (Phi) is 7.76. The molecule has 120 valence electrons. The molecule has 21 heavy (non-hydrogen) atoms. The van der Waals surface area contributed by atoms with Gasteiger partial charge < -0.3 is 15.0 Å². The van der Waals surface area contributed by atoms with Gasteiger partial charge >= 0.3 is 0 Å². The van der Waals surface area contributed by atoms with Crippen LogP contribution in [0, 0.1) is 12.8 Å². The summed E-state index contributed by atoms with van der Waals surface area (Å²) in [7, 11) is 1.73. The Morgan fingerprint density at radius 1 is 1.19 bits per heavy atom. The molecule has 1 rings (SSSR count). The Morgan fingerprint density at radius 3 is 2.43 bits per heavy atom. The van der Waals surface area contributed by atoms with Crippen molar-refractivity contribution in [3.05, 3.63) is 29.3 Å². The van der Waals surface area contributed by atoms with Gasteiger partial charge in [-0.1, -0.05) is 19.9 Å². The van der Waals surface area contributed by atoms with Gasteiger partial charge in [0.15, 0.2) is 0 Å². The number of nitrogens with zero attached hydrogens (tertiary/aromatic N) is 1. The molecule has 1 N–H and O–H groups in total. The van der Waals surface area contributed by atoms with Crippen LogP contribution in [0.5, 0.6) is 0 Å². The third-order valence-corrected chi connectivity index (χ3v) is 3.64.